The van der Waals surface area contributed by atoms with E-state index in [0.717, 1.165) is 13.0 Å². The van der Waals surface area contributed by atoms with E-state index in [2.05, 4.69) is 17.6 Å². The first-order chi connectivity index (χ1) is 5.72. The smallest absolute Gasteiger partial charge is 0.236 e. The standard InChI is InChI=1S/C9H20N2O/c1-4-5-6-7-11-9(12)8(2)10-3/h8,10H,4-7H2,1-3H3,(H,11,12). The van der Waals surface area contributed by atoms with E-state index in [0.29, 0.717) is 0 Å². The zero-order chi connectivity index (χ0) is 9.40. The summed E-state index contributed by atoms with van der Waals surface area (Å²) in [7, 11) is 1.79. The lowest BCUT2D eigenvalue weighted by molar-refractivity contribution is -0.122. The Morgan fingerprint density at radius 2 is 2.08 bits per heavy atom. The molecule has 2 N–H and O–H groups in total. The number of carbonyl (C=O) groups is 1. The summed E-state index contributed by atoms with van der Waals surface area (Å²) in [6, 6.07) is -0.0772. The summed E-state index contributed by atoms with van der Waals surface area (Å²) >= 11 is 0. The molecule has 0 aromatic carbocycles. The number of unbranched alkanes of at least 4 members (excludes halogenated alkanes) is 2. The van der Waals surface area contributed by atoms with Crippen molar-refractivity contribution in [3.63, 3.8) is 0 Å². The average molecular weight is 172 g/mol. The summed E-state index contributed by atoms with van der Waals surface area (Å²) in [6.45, 7) is 4.81. The Hall–Kier alpha value is -0.570. The van der Waals surface area contributed by atoms with Crippen LogP contribution in [0.1, 0.15) is 33.1 Å². The topological polar surface area (TPSA) is 41.1 Å². The van der Waals surface area contributed by atoms with Gasteiger partial charge in [-0.25, -0.2) is 0 Å². The zero-order valence-corrected chi connectivity index (χ0v) is 8.31. The van der Waals surface area contributed by atoms with Gasteiger partial charge >= 0.3 is 0 Å². The lowest BCUT2D eigenvalue weighted by Gasteiger charge is -2.10. The van der Waals surface area contributed by atoms with Crippen LogP contribution in [0.5, 0.6) is 0 Å². The van der Waals surface area contributed by atoms with E-state index >= 15 is 0 Å². The van der Waals surface area contributed by atoms with Crippen LogP contribution in [0, 0.1) is 0 Å². The van der Waals surface area contributed by atoms with Gasteiger partial charge in [-0.3, -0.25) is 4.79 Å². The minimum absolute atomic E-state index is 0.0772. The van der Waals surface area contributed by atoms with Crippen LogP contribution in [0.4, 0.5) is 0 Å². The van der Waals surface area contributed by atoms with Gasteiger partial charge in [0.15, 0.2) is 0 Å². The van der Waals surface area contributed by atoms with Crippen molar-refractivity contribution in [2.24, 2.45) is 0 Å². The maximum absolute atomic E-state index is 11.2. The van der Waals surface area contributed by atoms with Gasteiger partial charge in [0, 0.05) is 6.54 Å². The average Bonchev–Trinajstić information content (AvgIpc) is 2.10. The van der Waals surface area contributed by atoms with E-state index < -0.39 is 0 Å². The summed E-state index contributed by atoms with van der Waals surface area (Å²) in [5.41, 5.74) is 0. The van der Waals surface area contributed by atoms with Crippen LogP contribution in [0.2, 0.25) is 0 Å². The molecule has 0 aliphatic rings. The second kappa shape index (κ2) is 7.10. The van der Waals surface area contributed by atoms with Gasteiger partial charge in [0.05, 0.1) is 6.04 Å². The molecule has 1 unspecified atom stereocenters. The number of likely N-dealkylation sites (N-methyl/N-ethyl adjacent to an activating group) is 1. The molecule has 0 bridgehead atoms. The molecule has 1 amide bonds. The molecule has 72 valence electrons. The fourth-order valence-electron chi connectivity index (χ4n) is 0.871. The molecule has 0 aliphatic heterocycles. The molecule has 0 heterocycles. The molecule has 0 saturated carbocycles. The van der Waals surface area contributed by atoms with Crippen LogP contribution >= 0.6 is 0 Å². The van der Waals surface area contributed by atoms with Gasteiger partial charge in [0.1, 0.15) is 0 Å². The molecule has 3 heteroatoms. The molecule has 3 nitrogen and oxygen atoms in total. The first-order valence-corrected chi connectivity index (χ1v) is 4.67. The predicted molar refractivity (Wildman–Crippen MR) is 51.1 cm³/mol. The van der Waals surface area contributed by atoms with Crippen LogP contribution < -0.4 is 10.6 Å². The lowest BCUT2D eigenvalue weighted by Crippen LogP contribution is -2.40. The molecule has 0 aliphatic carbocycles. The first-order valence-electron chi connectivity index (χ1n) is 4.67. The molecule has 0 aromatic heterocycles. The second-order valence-corrected chi connectivity index (χ2v) is 3.01. The normalized spacial score (nSPS) is 12.6. The highest BCUT2D eigenvalue weighted by molar-refractivity contribution is 5.81. The van der Waals surface area contributed by atoms with Crippen LogP contribution in [0.15, 0.2) is 0 Å². The Labute approximate surface area is 74.9 Å². The maximum Gasteiger partial charge on any atom is 0.236 e. The van der Waals surface area contributed by atoms with Crippen LogP contribution in [0.25, 0.3) is 0 Å². The summed E-state index contributed by atoms with van der Waals surface area (Å²) in [5.74, 6) is 0.0913. The number of hydrogen-bond donors (Lipinski definition) is 2. The number of amides is 1. The molecule has 0 rings (SSSR count). The molecule has 0 radical (unpaired) electrons. The van der Waals surface area contributed by atoms with Crippen molar-refractivity contribution in [2.75, 3.05) is 13.6 Å². The molecular formula is C9H20N2O. The van der Waals surface area contributed by atoms with E-state index in [1.165, 1.54) is 12.8 Å². The zero-order valence-electron chi connectivity index (χ0n) is 8.31. The largest absolute Gasteiger partial charge is 0.355 e. The molecule has 0 fully saturated rings. The van der Waals surface area contributed by atoms with Crippen LogP contribution in [-0.2, 0) is 4.79 Å². The first kappa shape index (κ1) is 11.4. The highest BCUT2D eigenvalue weighted by atomic mass is 16.2. The molecule has 1 atom stereocenters. The minimum Gasteiger partial charge on any atom is -0.355 e. The third-order valence-electron chi connectivity index (χ3n) is 1.91. The van der Waals surface area contributed by atoms with Crippen molar-refractivity contribution < 1.29 is 4.79 Å². The predicted octanol–water partition coefficient (Wildman–Crippen LogP) is 0.901. The van der Waals surface area contributed by atoms with Gasteiger partial charge < -0.3 is 10.6 Å². The quantitative estimate of drug-likeness (QED) is 0.584. The Morgan fingerprint density at radius 3 is 2.58 bits per heavy atom. The van der Waals surface area contributed by atoms with Gasteiger partial charge in [0.25, 0.3) is 0 Å². The third kappa shape index (κ3) is 5.13. The van der Waals surface area contributed by atoms with Gasteiger partial charge in [-0.15, -0.1) is 0 Å². The second-order valence-electron chi connectivity index (χ2n) is 3.01. The van der Waals surface area contributed by atoms with E-state index in [-0.39, 0.29) is 11.9 Å². The van der Waals surface area contributed by atoms with Crippen molar-refractivity contribution in [2.45, 2.75) is 39.2 Å². The number of nitrogens with one attached hydrogen (secondary N) is 2. The SMILES string of the molecule is CCCCCNC(=O)C(C)NC. The van der Waals surface area contributed by atoms with Crippen molar-refractivity contribution in [3.8, 4) is 0 Å². The number of hydrogen-bond acceptors (Lipinski definition) is 2. The van der Waals surface area contributed by atoms with Gasteiger partial charge in [-0.1, -0.05) is 19.8 Å². The summed E-state index contributed by atoms with van der Waals surface area (Å²) in [5, 5.41) is 5.76. The van der Waals surface area contributed by atoms with Gasteiger partial charge in [0.2, 0.25) is 5.91 Å². The fraction of sp³-hybridized carbons (Fsp3) is 0.889. The van der Waals surface area contributed by atoms with E-state index in [4.69, 9.17) is 0 Å². The maximum atomic E-state index is 11.2. The number of carbonyl (C=O) groups excluding carboxylic acids is 1. The molecule has 12 heavy (non-hydrogen) atoms. The van der Waals surface area contributed by atoms with E-state index in [1.807, 2.05) is 6.92 Å². The minimum atomic E-state index is -0.0772. The van der Waals surface area contributed by atoms with Crippen molar-refractivity contribution in [1.29, 1.82) is 0 Å². The number of rotatable bonds is 6. The van der Waals surface area contributed by atoms with Gasteiger partial charge in [-0.05, 0) is 20.4 Å². The molecular weight excluding hydrogens is 152 g/mol. The Kier molecular flexibility index (Phi) is 6.76. The summed E-state index contributed by atoms with van der Waals surface area (Å²) in [6.07, 6.45) is 3.46. The molecule has 0 aromatic rings. The highest BCUT2D eigenvalue weighted by Gasteiger charge is 2.07. The van der Waals surface area contributed by atoms with Crippen LogP contribution in [0.3, 0.4) is 0 Å². The monoisotopic (exact) mass is 172 g/mol. The van der Waals surface area contributed by atoms with Gasteiger partial charge in [-0.2, -0.15) is 0 Å². The van der Waals surface area contributed by atoms with E-state index in [1.54, 1.807) is 7.05 Å². The van der Waals surface area contributed by atoms with Crippen molar-refractivity contribution >= 4 is 5.91 Å². The van der Waals surface area contributed by atoms with E-state index in [9.17, 15) is 4.79 Å². The van der Waals surface area contributed by atoms with Crippen molar-refractivity contribution in [1.82, 2.24) is 10.6 Å². The summed E-state index contributed by atoms with van der Waals surface area (Å²) < 4.78 is 0. The molecule has 0 spiro atoms. The van der Waals surface area contributed by atoms with Crippen LogP contribution in [-0.4, -0.2) is 25.5 Å². The lowest BCUT2D eigenvalue weighted by atomic mass is 10.2. The Balaban J connectivity index is 3.31. The summed E-state index contributed by atoms with van der Waals surface area (Å²) in [4.78, 5) is 11.2. The third-order valence-corrected chi connectivity index (χ3v) is 1.91. The fourth-order valence-corrected chi connectivity index (χ4v) is 0.871. The highest BCUT2D eigenvalue weighted by Crippen LogP contribution is 1.91. The Bertz CT molecular complexity index is 126. The Morgan fingerprint density at radius 1 is 1.42 bits per heavy atom. The van der Waals surface area contributed by atoms with Crippen molar-refractivity contribution in [3.05, 3.63) is 0 Å². The molecule has 0 saturated heterocycles.